The summed E-state index contributed by atoms with van der Waals surface area (Å²) < 4.78 is 2.03. The van der Waals surface area contributed by atoms with Gasteiger partial charge in [-0.15, -0.1) is 11.3 Å². The molecule has 0 aliphatic heterocycles. The van der Waals surface area contributed by atoms with E-state index >= 15 is 0 Å². The molecule has 2 rings (SSSR count). The Bertz CT molecular complexity index is 554. The fourth-order valence-electron chi connectivity index (χ4n) is 1.75. The average molecular weight is 284 g/mol. The summed E-state index contributed by atoms with van der Waals surface area (Å²) in [5.74, 6) is 0.667. The molecule has 2 aromatic rings. The lowest BCUT2D eigenvalue weighted by Gasteiger charge is -2.07. The molecule has 0 spiro atoms. The number of hydrogen-bond acceptors (Lipinski definition) is 3. The Morgan fingerprint density at radius 3 is 3.11 bits per heavy atom. The molecule has 0 atom stereocenters. The van der Waals surface area contributed by atoms with E-state index in [-0.39, 0.29) is 0 Å². The second-order valence-electron chi connectivity index (χ2n) is 4.86. The summed E-state index contributed by atoms with van der Waals surface area (Å²) in [5.41, 5.74) is 2.22. The molecule has 0 aliphatic carbocycles. The van der Waals surface area contributed by atoms with Crippen LogP contribution in [0.1, 0.15) is 26.5 Å². The number of rotatable bonds is 5. The highest BCUT2D eigenvalue weighted by molar-refractivity contribution is 7.15. The molecular weight excluding hydrogens is 266 g/mol. The summed E-state index contributed by atoms with van der Waals surface area (Å²) in [6, 6.07) is 0. The average Bonchev–Trinajstić information content (AvgIpc) is 2.82. The normalized spacial score (nSPS) is 12.8. The topological polar surface area (TPSA) is 29.3 Å². The molecule has 0 radical (unpaired) electrons. The Morgan fingerprint density at radius 2 is 2.39 bits per heavy atom. The zero-order valence-corrected chi connectivity index (χ0v) is 12.5. The van der Waals surface area contributed by atoms with Crippen LogP contribution in [0, 0.1) is 5.92 Å². The van der Waals surface area contributed by atoms with Crippen LogP contribution in [-0.4, -0.2) is 22.5 Å². The van der Waals surface area contributed by atoms with E-state index in [0.717, 1.165) is 23.7 Å². The van der Waals surface area contributed by atoms with Gasteiger partial charge in [0.25, 0.3) is 0 Å². The molecule has 18 heavy (non-hydrogen) atoms. The Hall–Kier alpha value is -0.840. The van der Waals surface area contributed by atoms with Gasteiger partial charge in [-0.1, -0.05) is 31.0 Å². The predicted octanol–water partition coefficient (Wildman–Crippen LogP) is 3.70. The minimum atomic E-state index is 0.574. The van der Waals surface area contributed by atoms with E-state index in [1.54, 1.807) is 11.3 Å². The van der Waals surface area contributed by atoms with Gasteiger partial charge >= 0.3 is 0 Å². The first kappa shape index (κ1) is 13.6. The summed E-state index contributed by atoms with van der Waals surface area (Å²) in [6.45, 7) is 8.42. The van der Waals surface area contributed by atoms with Gasteiger partial charge in [-0.2, -0.15) is 0 Å². The number of nitrogens with one attached hydrogen (secondary N) is 1. The molecule has 0 unspecified atom stereocenters. The number of aromatic nitrogens is 2. The number of imidazole rings is 1. The van der Waals surface area contributed by atoms with Gasteiger partial charge in [-0.3, -0.25) is 4.40 Å². The highest BCUT2D eigenvalue weighted by Crippen LogP contribution is 2.23. The largest absolute Gasteiger partial charge is 0.313 e. The van der Waals surface area contributed by atoms with Crippen molar-refractivity contribution in [2.75, 3.05) is 13.1 Å². The Balaban J connectivity index is 2.11. The predicted molar refractivity (Wildman–Crippen MR) is 79.4 cm³/mol. The molecule has 2 aromatic heterocycles. The number of hydrogen-bond donors (Lipinski definition) is 1. The van der Waals surface area contributed by atoms with Crippen LogP contribution < -0.4 is 5.32 Å². The monoisotopic (exact) mass is 283 g/mol. The van der Waals surface area contributed by atoms with Crippen molar-refractivity contribution in [2.24, 2.45) is 5.92 Å². The molecule has 98 valence electrons. The second kappa shape index (κ2) is 5.87. The quantitative estimate of drug-likeness (QED) is 0.907. The maximum Gasteiger partial charge on any atom is 0.195 e. The third-order valence-electron chi connectivity index (χ3n) is 2.59. The van der Waals surface area contributed by atoms with Crippen molar-refractivity contribution in [2.45, 2.75) is 20.8 Å². The van der Waals surface area contributed by atoms with E-state index in [1.807, 2.05) is 16.0 Å². The van der Waals surface area contributed by atoms with E-state index in [2.05, 4.69) is 37.1 Å². The second-order valence-corrected chi connectivity index (χ2v) is 6.09. The molecular formula is C13H18ClN3S. The maximum absolute atomic E-state index is 6.15. The third-order valence-corrected chi connectivity index (χ3v) is 3.63. The first-order chi connectivity index (χ1) is 8.58. The first-order valence-electron chi connectivity index (χ1n) is 6.07. The van der Waals surface area contributed by atoms with Crippen LogP contribution in [0.4, 0.5) is 0 Å². The zero-order valence-electron chi connectivity index (χ0n) is 10.9. The standard InChI is InChI=1S/C13H18ClN3S/c1-9(2)7-15-8-10(3)6-11-12(14)16-13-17(11)4-5-18-13/h4-6,9,15H,7-8H2,1-3H3. The molecule has 1 N–H and O–H groups in total. The Morgan fingerprint density at radius 1 is 1.61 bits per heavy atom. The molecule has 0 amide bonds. The lowest BCUT2D eigenvalue weighted by molar-refractivity contribution is 0.572. The Labute approximate surface area is 116 Å². The molecule has 5 heteroatoms. The molecule has 0 saturated carbocycles. The van der Waals surface area contributed by atoms with Crippen LogP contribution >= 0.6 is 22.9 Å². The minimum absolute atomic E-state index is 0.574. The molecule has 3 nitrogen and oxygen atoms in total. The highest BCUT2D eigenvalue weighted by atomic mass is 35.5. The van der Waals surface area contributed by atoms with E-state index in [4.69, 9.17) is 11.6 Å². The molecule has 0 aliphatic rings. The lowest BCUT2D eigenvalue weighted by atomic mass is 10.2. The van der Waals surface area contributed by atoms with Crippen molar-refractivity contribution in [1.29, 1.82) is 0 Å². The van der Waals surface area contributed by atoms with Crippen LogP contribution in [0.3, 0.4) is 0 Å². The van der Waals surface area contributed by atoms with Crippen LogP contribution in [0.25, 0.3) is 11.0 Å². The SMILES string of the molecule is CC(=Cc1c(Cl)nc2sccn12)CNCC(C)C. The highest BCUT2D eigenvalue weighted by Gasteiger charge is 2.08. The minimum Gasteiger partial charge on any atom is -0.313 e. The van der Waals surface area contributed by atoms with Gasteiger partial charge in [-0.25, -0.2) is 4.98 Å². The van der Waals surface area contributed by atoms with Crippen molar-refractivity contribution in [3.63, 3.8) is 0 Å². The van der Waals surface area contributed by atoms with Crippen LogP contribution in [-0.2, 0) is 0 Å². The first-order valence-corrected chi connectivity index (χ1v) is 7.32. The number of fused-ring (bicyclic) bond motifs is 1. The van der Waals surface area contributed by atoms with E-state index in [1.165, 1.54) is 5.57 Å². The van der Waals surface area contributed by atoms with Crippen molar-refractivity contribution in [3.05, 3.63) is 28.0 Å². The molecule has 0 bridgehead atoms. The lowest BCUT2D eigenvalue weighted by Crippen LogP contribution is -2.21. The van der Waals surface area contributed by atoms with E-state index in [0.29, 0.717) is 11.1 Å². The number of nitrogens with zero attached hydrogens (tertiary/aromatic N) is 2. The van der Waals surface area contributed by atoms with Gasteiger partial charge in [0, 0.05) is 18.1 Å². The Kier molecular flexibility index (Phi) is 4.43. The molecule has 0 aromatic carbocycles. The summed E-state index contributed by atoms with van der Waals surface area (Å²) in [6.07, 6.45) is 4.10. The fourth-order valence-corrected chi connectivity index (χ4v) is 2.75. The van der Waals surface area contributed by atoms with Crippen LogP contribution in [0.15, 0.2) is 17.2 Å². The van der Waals surface area contributed by atoms with Gasteiger partial charge in [-0.05, 0) is 25.5 Å². The van der Waals surface area contributed by atoms with E-state index < -0.39 is 0 Å². The number of thiazole rings is 1. The van der Waals surface area contributed by atoms with Crippen LogP contribution in [0.2, 0.25) is 5.15 Å². The smallest absolute Gasteiger partial charge is 0.195 e. The van der Waals surface area contributed by atoms with Gasteiger partial charge in [0.05, 0.1) is 5.69 Å². The molecule has 0 saturated heterocycles. The van der Waals surface area contributed by atoms with Gasteiger partial charge < -0.3 is 5.32 Å². The van der Waals surface area contributed by atoms with Gasteiger partial charge in [0.2, 0.25) is 0 Å². The van der Waals surface area contributed by atoms with Crippen LogP contribution in [0.5, 0.6) is 0 Å². The number of halogens is 1. The van der Waals surface area contributed by atoms with Crippen molar-refractivity contribution in [1.82, 2.24) is 14.7 Å². The summed E-state index contributed by atoms with van der Waals surface area (Å²) in [7, 11) is 0. The van der Waals surface area contributed by atoms with Crippen molar-refractivity contribution in [3.8, 4) is 0 Å². The zero-order chi connectivity index (χ0) is 13.1. The van der Waals surface area contributed by atoms with Gasteiger partial charge in [0.1, 0.15) is 0 Å². The van der Waals surface area contributed by atoms with E-state index in [9.17, 15) is 0 Å². The summed E-state index contributed by atoms with van der Waals surface area (Å²) in [5, 5.41) is 6.01. The maximum atomic E-state index is 6.15. The molecule has 0 fully saturated rings. The summed E-state index contributed by atoms with van der Waals surface area (Å²) in [4.78, 5) is 5.26. The van der Waals surface area contributed by atoms with Crippen molar-refractivity contribution < 1.29 is 0 Å². The fraction of sp³-hybridized carbons (Fsp3) is 0.462. The van der Waals surface area contributed by atoms with Crippen molar-refractivity contribution >= 4 is 34.0 Å². The molecule has 2 heterocycles. The summed E-state index contributed by atoms with van der Waals surface area (Å²) >= 11 is 7.74. The van der Waals surface area contributed by atoms with Gasteiger partial charge in [0.15, 0.2) is 10.1 Å². The third kappa shape index (κ3) is 3.13.